The molecule has 0 aliphatic rings. The van der Waals surface area contributed by atoms with Crippen molar-refractivity contribution in [1.29, 1.82) is 0 Å². The zero-order valence-corrected chi connectivity index (χ0v) is 12.8. The molecule has 0 fully saturated rings. The largest absolute Gasteiger partial charge is 0.444 e. The lowest BCUT2D eigenvalue weighted by molar-refractivity contribution is -0.140. The average molecular weight is 327 g/mol. The van der Waals surface area contributed by atoms with Crippen molar-refractivity contribution in [2.45, 2.75) is 32.5 Å². The fourth-order valence-corrected chi connectivity index (χ4v) is 1.92. The normalized spacial score (nSPS) is 12.1. The zero-order chi connectivity index (χ0) is 17.3. The van der Waals surface area contributed by atoms with Gasteiger partial charge in [0.25, 0.3) is 0 Å². The summed E-state index contributed by atoms with van der Waals surface area (Å²) in [5, 5.41) is 7.76. The summed E-state index contributed by atoms with van der Waals surface area (Å²) < 4.78 is 44.5. The second kappa shape index (κ2) is 5.94. The number of halogens is 3. The van der Waals surface area contributed by atoms with Crippen LogP contribution in [0.15, 0.2) is 30.3 Å². The molecule has 124 valence electrons. The highest BCUT2D eigenvalue weighted by Crippen LogP contribution is 2.39. The van der Waals surface area contributed by atoms with Crippen molar-refractivity contribution >= 4 is 11.9 Å². The molecule has 0 bridgehead atoms. The van der Waals surface area contributed by atoms with E-state index in [0.717, 1.165) is 0 Å². The van der Waals surface area contributed by atoms with Gasteiger partial charge in [-0.1, -0.05) is 30.3 Å². The van der Waals surface area contributed by atoms with Gasteiger partial charge in [0, 0.05) is 0 Å². The van der Waals surface area contributed by atoms with E-state index in [2.05, 4.69) is 10.4 Å². The van der Waals surface area contributed by atoms with E-state index < -0.39 is 23.6 Å². The van der Waals surface area contributed by atoms with Gasteiger partial charge in [0.05, 0.1) is 5.56 Å². The van der Waals surface area contributed by atoms with Crippen LogP contribution in [0.1, 0.15) is 26.5 Å². The van der Waals surface area contributed by atoms with Gasteiger partial charge in [-0.25, -0.2) is 4.79 Å². The molecule has 2 rings (SSSR count). The standard InChI is InChI=1S/C15H16F3N3O2/c1-14(2,3)23-13(22)19-12-10(9-7-5-4-6-8-9)11(20-21-12)15(16,17)18/h4-8H,1-3H3,(H2,19,20,21,22). The number of hydrogen-bond donors (Lipinski definition) is 2. The topological polar surface area (TPSA) is 67.0 Å². The summed E-state index contributed by atoms with van der Waals surface area (Å²) in [4.78, 5) is 11.8. The second-order valence-corrected chi connectivity index (χ2v) is 5.81. The van der Waals surface area contributed by atoms with Crippen molar-refractivity contribution in [2.24, 2.45) is 0 Å². The Bertz CT molecular complexity index is 688. The van der Waals surface area contributed by atoms with Crippen molar-refractivity contribution in [3.8, 4) is 11.1 Å². The van der Waals surface area contributed by atoms with Gasteiger partial charge in [-0.05, 0) is 26.3 Å². The molecule has 23 heavy (non-hydrogen) atoms. The number of nitrogens with zero attached hydrogens (tertiary/aromatic N) is 1. The minimum atomic E-state index is -4.63. The molecule has 0 saturated heterocycles. The Morgan fingerprint density at radius 1 is 1.17 bits per heavy atom. The van der Waals surface area contributed by atoms with Crippen LogP contribution in [0.4, 0.5) is 23.8 Å². The Morgan fingerprint density at radius 3 is 2.30 bits per heavy atom. The number of nitrogens with one attached hydrogen (secondary N) is 2. The number of alkyl halides is 3. The van der Waals surface area contributed by atoms with E-state index in [4.69, 9.17) is 4.74 Å². The molecule has 0 spiro atoms. The first-order valence-corrected chi connectivity index (χ1v) is 6.79. The Kier molecular flexibility index (Phi) is 4.35. The molecule has 1 aromatic carbocycles. The SMILES string of the molecule is CC(C)(C)OC(=O)Nc1n[nH]c(C(F)(F)F)c1-c1ccccc1. The number of anilines is 1. The summed E-state index contributed by atoms with van der Waals surface area (Å²) in [7, 11) is 0. The maximum absolute atomic E-state index is 13.1. The predicted molar refractivity (Wildman–Crippen MR) is 78.9 cm³/mol. The highest BCUT2D eigenvalue weighted by atomic mass is 19.4. The van der Waals surface area contributed by atoms with E-state index in [1.54, 1.807) is 39.0 Å². The Hall–Kier alpha value is -2.51. The van der Waals surface area contributed by atoms with Crippen LogP contribution >= 0.6 is 0 Å². The van der Waals surface area contributed by atoms with Crippen molar-refractivity contribution in [3.63, 3.8) is 0 Å². The fourth-order valence-electron chi connectivity index (χ4n) is 1.92. The van der Waals surface area contributed by atoms with Crippen LogP contribution in [0.25, 0.3) is 11.1 Å². The Labute approximate surface area is 130 Å². The first kappa shape index (κ1) is 16.9. The number of aromatic nitrogens is 2. The first-order chi connectivity index (χ1) is 10.6. The molecule has 0 radical (unpaired) electrons. The van der Waals surface area contributed by atoms with Gasteiger partial charge in [-0.2, -0.15) is 18.3 Å². The fraction of sp³-hybridized carbons (Fsp3) is 0.333. The Balaban J connectivity index is 2.41. The van der Waals surface area contributed by atoms with Crippen LogP contribution < -0.4 is 5.32 Å². The molecule has 0 saturated carbocycles. The number of carbonyl (C=O) groups excluding carboxylic acids is 1. The van der Waals surface area contributed by atoms with E-state index in [9.17, 15) is 18.0 Å². The summed E-state index contributed by atoms with van der Waals surface area (Å²) >= 11 is 0. The molecule has 5 nitrogen and oxygen atoms in total. The third kappa shape index (κ3) is 4.24. The van der Waals surface area contributed by atoms with Crippen LogP contribution in [0.2, 0.25) is 0 Å². The van der Waals surface area contributed by atoms with E-state index in [-0.39, 0.29) is 16.9 Å². The van der Waals surface area contributed by atoms with Crippen LogP contribution in [-0.4, -0.2) is 21.9 Å². The molecular formula is C15H16F3N3O2. The molecule has 0 atom stereocenters. The summed E-state index contributed by atoms with van der Waals surface area (Å²) in [6.07, 6.45) is -5.51. The van der Waals surface area contributed by atoms with Crippen LogP contribution in [0, 0.1) is 0 Å². The zero-order valence-electron chi connectivity index (χ0n) is 12.8. The molecule has 0 unspecified atom stereocenters. The van der Waals surface area contributed by atoms with Gasteiger partial charge in [0.2, 0.25) is 0 Å². The van der Waals surface area contributed by atoms with Gasteiger partial charge in [-0.3, -0.25) is 10.4 Å². The van der Waals surface area contributed by atoms with E-state index in [1.807, 2.05) is 5.10 Å². The van der Waals surface area contributed by atoms with Gasteiger partial charge in [0.1, 0.15) is 11.3 Å². The summed E-state index contributed by atoms with van der Waals surface area (Å²) in [6, 6.07) is 7.87. The van der Waals surface area contributed by atoms with Crippen molar-refractivity contribution in [2.75, 3.05) is 5.32 Å². The monoisotopic (exact) mass is 327 g/mol. The van der Waals surface area contributed by atoms with Gasteiger partial charge >= 0.3 is 12.3 Å². The van der Waals surface area contributed by atoms with Gasteiger partial charge in [0.15, 0.2) is 5.82 Å². The summed E-state index contributed by atoms with van der Waals surface area (Å²) in [6.45, 7) is 4.95. The predicted octanol–water partition coefficient (Wildman–Crippen LogP) is 4.44. The number of rotatable bonds is 2. The molecule has 0 aliphatic carbocycles. The summed E-state index contributed by atoms with van der Waals surface area (Å²) in [5.41, 5.74) is -1.77. The minimum Gasteiger partial charge on any atom is -0.444 e. The number of carbonyl (C=O) groups is 1. The minimum absolute atomic E-state index is 0.232. The Morgan fingerprint density at radius 2 is 1.78 bits per heavy atom. The quantitative estimate of drug-likeness (QED) is 0.857. The van der Waals surface area contributed by atoms with Crippen LogP contribution in [0.5, 0.6) is 0 Å². The highest BCUT2D eigenvalue weighted by Gasteiger charge is 2.38. The molecule has 1 amide bonds. The number of aromatic amines is 1. The van der Waals surface area contributed by atoms with Gasteiger partial charge < -0.3 is 4.74 Å². The molecule has 8 heteroatoms. The van der Waals surface area contributed by atoms with Crippen molar-refractivity contribution in [1.82, 2.24) is 10.2 Å². The molecule has 1 aromatic heterocycles. The third-order valence-electron chi connectivity index (χ3n) is 2.73. The first-order valence-electron chi connectivity index (χ1n) is 6.79. The molecule has 2 aromatic rings. The smallest absolute Gasteiger partial charge is 0.433 e. The maximum Gasteiger partial charge on any atom is 0.433 e. The number of hydrogen-bond acceptors (Lipinski definition) is 3. The molecule has 0 aliphatic heterocycles. The lowest BCUT2D eigenvalue weighted by Crippen LogP contribution is -2.27. The maximum atomic E-state index is 13.1. The van der Waals surface area contributed by atoms with Crippen molar-refractivity contribution < 1.29 is 22.7 Å². The molecular weight excluding hydrogens is 311 g/mol. The number of ether oxygens (including phenoxy) is 1. The highest BCUT2D eigenvalue weighted by molar-refractivity contribution is 5.90. The number of benzene rings is 1. The number of H-pyrrole nitrogens is 1. The van der Waals surface area contributed by atoms with Crippen molar-refractivity contribution in [3.05, 3.63) is 36.0 Å². The summed E-state index contributed by atoms with van der Waals surface area (Å²) in [5.74, 6) is -0.238. The van der Waals surface area contributed by atoms with Gasteiger partial charge in [-0.15, -0.1) is 0 Å². The molecule has 1 heterocycles. The second-order valence-electron chi connectivity index (χ2n) is 5.81. The third-order valence-corrected chi connectivity index (χ3v) is 2.73. The van der Waals surface area contributed by atoms with Crippen LogP contribution in [0.3, 0.4) is 0 Å². The van der Waals surface area contributed by atoms with E-state index >= 15 is 0 Å². The molecule has 2 N–H and O–H groups in total. The lowest BCUT2D eigenvalue weighted by Gasteiger charge is -2.19. The van der Waals surface area contributed by atoms with Crippen LogP contribution in [-0.2, 0) is 10.9 Å². The van der Waals surface area contributed by atoms with E-state index in [1.165, 1.54) is 12.1 Å². The number of amides is 1. The lowest BCUT2D eigenvalue weighted by atomic mass is 10.1. The van der Waals surface area contributed by atoms with E-state index in [0.29, 0.717) is 0 Å². The average Bonchev–Trinajstić information content (AvgIpc) is 2.81.